The Labute approximate surface area is 266 Å². The van der Waals surface area contributed by atoms with E-state index in [4.69, 9.17) is 9.84 Å². The summed E-state index contributed by atoms with van der Waals surface area (Å²) >= 11 is 0. The molecule has 2 N–H and O–H groups in total. The number of carbonyl (C=O) groups is 2. The summed E-state index contributed by atoms with van der Waals surface area (Å²) in [7, 11) is 0. The van der Waals surface area contributed by atoms with Gasteiger partial charge in [0.2, 0.25) is 0 Å². The van der Waals surface area contributed by atoms with E-state index in [-0.39, 0.29) is 12.5 Å². The van der Waals surface area contributed by atoms with Crippen molar-refractivity contribution in [1.29, 1.82) is 0 Å². The first-order valence-electron chi connectivity index (χ1n) is 16.1. The van der Waals surface area contributed by atoms with Crippen LogP contribution in [0.3, 0.4) is 0 Å². The molecule has 0 saturated heterocycles. The monoisotopic (exact) mass is 605 g/mol. The molecule has 1 atom stereocenters. The predicted molar refractivity (Wildman–Crippen MR) is 177 cm³/mol. The number of benzene rings is 4. The van der Waals surface area contributed by atoms with Crippen LogP contribution in [0.15, 0.2) is 97.1 Å². The van der Waals surface area contributed by atoms with Crippen molar-refractivity contribution in [2.24, 2.45) is 0 Å². The molecule has 0 amide bonds. The molecular weight excluding hydrogens is 562 g/mol. The Morgan fingerprint density at radius 3 is 2.33 bits per heavy atom. The number of hydrogen-bond donors (Lipinski definition) is 2. The minimum absolute atomic E-state index is 0.168. The third kappa shape index (κ3) is 9.29. The quantitative estimate of drug-likeness (QED) is 0.126. The van der Waals surface area contributed by atoms with Gasteiger partial charge in [-0.1, -0.05) is 78.9 Å². The average molecular weight is 606 g/mol. The normalized spacial score (nSPS) is 14.2. The summed E-state index contributed by atoms with van der Waals surface area (Å²) in [5, 5.41) is 18.7. The second-order valence-corrected chi connectivity index (χ2v) is 12.0. The molecule has 5 rings (SSSR count). The number of aliphatic carboxylic acids is 1. The van der Waals surface area contributed by atoms with Crippen LogP contribution in [0.25, 0.3) is 0 Å². The van der Waals surface area contributed by atoms with Crippen molar-refractivity contribution in [2.45, 2.75) is 70.4 Å². The summed E-state index contributed by atoms with van der Waals surface area (Å²) in [5.74, 6) is -0.785. The molecule has 0 fully saturated rings. The highest BCUT2D eigenvalue weighted by atomic mass is 16.5. The van der Waals surface area contributed by atoms with Crippen LogP contribution in [0.5, 0.6) is 5.75 Å². The Hall–Kier alpha value is -4.42. The minimum Gasteiger partial charge on any atom is -0.489 e. The summed E-state index contributed by atoms with van der Waals surface area (Å²) in [6.07, 6.45) is 7.26. The highest BCUT2D eigenvalue weighted by Crippen LogP contribution is 2.35. The Morgan fingerprint density at radius 1 is 0.756 bits per heavy atom. The van der Waals surface area contributed by atoms with Crippen LogP contribution in [0.1, 0.15) is 81.9 Å². The number of nitrogens with zero attached hydrogens (tertiary/aromatic N) is 1. The summed E-state index contributed by atoms with van der Waals surface area (Å²) in [5.41, 5.74) is 7.56. The number of unbranched alkanes of at least 4 members (excludes halogenated alkanes) is 1. The summed E-state index contributed by atoms with van der Waals surface area (Å²) in [6.45, 7) is 2.08. The molecule has 1 unspecified atom stereocenters. The summed E-state index contributed by atoms with van der Waals surface area (Å²) in [4.78, 5) is 25.2. The zero-order valence-electron chi connectivity index (χ0n) is 25.9. The molecule has 0 aliphatic heterocycles. The van der Waals surface area contributed by atoms with Crippen LogP contribution < -0.4 is 4.74 Å². The molecule has 4 aromatic rings. The van der Waals surface area contributed by atoms with Gasteiger partial charge in [-0.3, -0.25) is 9.69 Å². The molecule has 4 aromatic carbocycles. The van der Waals surface area contributed by atoms with Crippen LogP contribution in [-0.2, 0) is 37.1 Å². The number of fused-ring (bicyclic) bond motifs is 1. The lowest BCUT2D eigenvalue weighted by Crippen LogP contribution is -2.34. The fourth-order valence-electron chi connectivity index (χ4n) is 6.40. The van der Waals surface area contributed by atoms with Gasteiger partial charge in [0.15, 0.2) is 0 Å². The van der Waals surface area contributed by atoms with Crippen LogP contribution >= 0.6 is 0 Å². The number of aromatic carboxylic acids is 1. The van der Waals surface area contributed by atoms with Gasteiger partial charge >= 0.3 is 11.9 Å². The maximum Gasteiger partial charge on any atom is 0.335 e. The first-order valence-corrected chi connectivity index (χ1v) is 16.1. The first-order chi connectivity index (χ1) is 22.0. The average Bonchev–Trinajstić information content (AvgIpc) is 3.06. The lowest BCUT2D eigenvalue weighted by atomic mass is 9.85. The minimum atomic E-state index is -0.902. The van der Waals surface area contributed by atoms with Gasteiger partial charge in [0, 0.05) is 19.0 Å². The Bertz CT molecular complexity index is 1570. The maximum atomic E-state index is 11.6. The maximum absolute atomic E-state index is 11.6. The van der Waals surface area contributed by atoms with Gasteiger partial charge in [0.1, 0.15) is 12.4 Å². The highest BCUT2D eigenvalue weighted by Gasteiger charge is 2.26. The zero-order chi connectivity index (χ0) is 31.4. The van der Waals surface area contributed by atoms with Crippen molar-refractivity contribution >= 4 is 11.9 Å². The van der Waals surface area contributed by atoms with E-state index in [1.807, 2.05) is 36.4 Å². The van der Waals surface area contributed by atoms with Gasteiger partial charge in [-0.15, -0.1) is 0 Å². The van der Waals surface area contributed by atoms with Crippen molar-refractivity contribution < 1.29 is 24.5 Å². The number of para-hydroxylation sites is 1. The van der Waals surface area contributed by atoms with Gasteiger partial charge in [-0.05, 0) is 109 Å². The molecule has 0 heterocycles. The van der Waals surface area contributed by atoms with Crippen molar-refractivity contribution in [2.75, 3.05) is 13.1 Å². The molecule has 6 nitrogen and oxygen atoms in total. The van der Waals surface area contributed by atoms with E-state index in [0.717, 1.165) is 80.5 Å². The molecule has 0 bridgehead atoms. The molecular formula is C39H43NO5. The van der Waals surface area contributed by atoms with E-state index >= 15 is 0 Å². The fraction of sp³-hybridized carbons (Fsp3) is 0.333. The SMILES string of the molecule is O=C(O)CCCCN(CCc1ccccc1OCc1cccc(CCc2ccccc2)c1)C1CCCc2cc(C(=O)O)ccc21. The molecule has 1 aliphatic carbocycles. The molecule has 234 valence electrons. The number of aryl methyl sites for hydroxylation is 3. The van der Waals surface area contributed by atoms with E-state index < -0.39 is 11.9 Å². The second kappa shape index (κ2) is 16.1. The van der Waals surface area contributed by atoms with Gasteiger partial charge in [0.05, 0.1) is 5.56 Å². The van der Waals surface area contributed by atoms with Crippen molar-refractivity contribution in [1.82, 2.24) is 4.90 Å². The molecule has 0 saturated carbocycles. The van der Waals surface area contributed by atoms with Crippen molar-refractivity contribution in [3.63, 3.8) is 0 Å². The van der Waals surface area contributed by atoms with Crippen molar-refractivity contribution in [3.05, 3.63) is 136 Å². The predicted octanol–water partition coefficient (Wildman–Crippen LogP) is 7.93. The topological polar surface area (TPSA) is 87.1 Å². The van der Waals surface area contributed by atoms with E-state index in [2.05, 4.69) is 59.5 Å². The number of hydrogen-bond acceptors (Lipinski definition) is 4. The highest BCUT2D eigenvalue weighted by molar-refractivity contribution is 5.88. The van der Waals surface area contributed by atoms with Gasteiger partial charge in [-0.2, -0.15) is 0 Å². The molecule has 45 heavy (non-hydrogen) atoms. The van der Waals surface area contributed by atoms with Crippen LogP contribution in [0.2, 0.25) is 0 Å². The van der Waals surface area contributed by atoms with E-state index in [9.17, 15) is 14.7 Å². The third-order valence-electron chi connectivity index (χ3n) is 8.77. The summed E-state index contributed by atoms with van der Waals surface area (Å²) < 4.78 is 6.40. The smallest absolute Gasteiger partial charge is 0.335 e. The number of carboxylic acids is 2. The van der Waals surface area contributed by atoms with Crippen LogP contribution in [-0.4, -0.2) is 40.1 Å². The molecule has 0 radical (unpaired) electrons. The van der Waals surface area contributed by atoms with E-state index in [0.29, 0.717) is 18.6 Å². The lowest BCUT2D eigenvalue weighted by molar-refractivity contribution is -0.137. The lowest BCUT2D eigenvalue weighted by Gasteiger charge is -2.36. The van der Waals surface area contributed by atoms with Crippen LogP contribution in [0, 0.1) is 0 Å². The fourth-order valence-corrected chi connectivity index (χ4v) is 6.40. The number of ether oxygens (including phenoxy) is 1. The molecule has 6 heteroatoms. The van der Waals surface area contributed by atoms with E-state index in [1.165, 1.54) is 16.7 Å². The number of carboxylic acid groups (broad SMARTS) is 2. The van der Waals surface area contributed by atoms with Gasteiger partial charge in [0.25, 0.3) is 0 Å². The largest absolute Gasteiger partial charge is 0.489 e. The Kier molecular flexibility index (Phi) is 11.4. The molecule has 0 aromatic heterocycles. The van der Waals surface area contributed by atoms with Crippen LogP contribution in [0.4, 0.5) is 0 Å². The van der Waals surface area contributed by atoms with Gasteiger partial charge in [-0.25, -0.2) is 4.79 Å². The molecule has 1 aliphatic rings. The zero-order valence-corrected chi connectivity index (χ0v) is 25.9. The molecule has 0 spiro atoms. The third-order valence-corrected chi connectivity index (χ3v) is 8.77. The van der Waals surface area contributed by atoms with Gasteiger partial charge < -0.3 is 14.9 Å². The summed E-state index contributed by atoms with van der Waals surface area (Å²) in [6, 6.07) is 33.1. The first kappa shape index (κ1) is 32.0. The second-order valence-electron chi connectivity index (χ2n) is 12.0. The Morgan fingerprint density at radius 2 is 1.51 bits per heavy atom. The van der Waals surface area contributed by atoms with E-state index in [1.54, 1.807) is 6.07 Å². The Balaban J connectivity index is 1.25. The number of rotatable bonds is 16. The standard InChI is InChI=1S/C39H43NO5/c41-38(42)18-6-7-24-40(36-16-9-15-33-27-34(39(43)44)21-22-35(33)36)25-23-32-14-4-5-17-37(32)45-28-31-13-8-12-30(26-31)20-19-29-10-2-1-3-11-29/h1-5,8,10-14,17,21-22,26-27,36H,6-7,9,15-16,18-20,23-25,28H2,(H,41,42)(H,43,44). The van der Waals surface area contributed by atoms with Crippen molar-refractivity contribution in [3.8, 4) is 5.75 Å².